The molecule has 1 saturated heterocycles. The van der Waals surface area contributed by atoms with E-state index >= 15 is 0 Å². The molecule has 108 valence electrons. The highest BCUT2D eigenvalue weighted by Crippen LogP contribution is 2.21. The Morgan fingerprint density at radius 2 is 2.06 bits per heavy atom. The molecule has 3 nitrogen and oxygen atoms in total. The van der Waals surface area contributed by atoms with Gasteiger partial charge in [-0.3, -0.25) is 9.11 Å². The number of nitrogens with zero attached hydrogens (tertiary/aromatic N) is 1. The zero-order valence-corrected chi connectivity index (χ0v) is 13.3. The smallest absolute Gasteiger partial charge is 0.0303 e. The third kappa shape index (κ3) is 4.63. The Bertz CT molecular complexity index is 267. The Kier molecular flexibility index (Phi) is 6.82. The van der Waals surface area contributed by atoms with Crippen molar-refractivity contribution in [3.63, 3.8) is 0 Å². The van der Waals surface area contributed by atoms with Crippen molar-refractivity contribution in [2.24, 2.45) is 0 Å². The fourth-order valence-corrected chi connectivity index (χ4v) is 3.45. The van der Waals surface area contributed by atoms with Crippen LogP contribution < -0.4 is 5.32 Å². The first-order valence-corrected chi connectivity index (χ1v) is 9.05. The van der Waals surface area contributed by atoms with E-state index in [0.29, 0.717) is 6.04 Å². The van der Waals surface area contributed by atoms with Gasteiger partial charge in [0.25, 0.3) is 0 Å². The highest BCUT2D eigenvalue weighted by Gasteiger charge is 2.31. The Hall–Kier alpha value is 0.0700. The Morgan fingerprint density at radius 1 is 1.39 bits per heavy atom. The Labute approximate surface area is 115 Å². The van der Waals surface area contributed by atoms with Gasteiger partial charge in [-0.1, -0.05) is 13.8 Å². The molecule has 2 atom stereocenters. The molecule has 0 amide bonds. The van der Waals surface area contributed by atoms with Crippen LogP contribution in [0.4, 0.5) is 0 Å². The van der Waals surface area contributed by atoms with Crippen molar-refractivity contribution in [1.82, 2.24) is 10.2 Å². The van der Waals surface area contributed by atoms with Gasteiger partial charge in [0, 0.05) is 40.9 Å². The maximum Gasteiger partial charge on any atom is 0.0303 e. The third-order valence-electron chi connectivity index (χ3n) is 4.43. The predicted molar refractivity (Wildman–Crippen MR) is 80.5 cm³/mol. The zero-order chi connectivity index (χ0) is 13.6. The van der Waals surface area contributed by atoms with Crippen molar-refractivity contribution in [3.8, 4) is 0 Å². The van der Waals surface area contributed by atoms with Gasteiger partial charge in [-0.05, 0) is 45.7 Å². The van der Waals surface area contributed by atoms with Gasteiger partial charge in [0.2, 0.25) is 0 Å². The van der Waals surface area contributed by atoms with Crippen LogP contribution in [0.2, 0.25) is 0 Å². The van der Waals surface area contributed by atoms with Gasteiger partial charge >= 0.3 is 0 Å². The first-order valence-electron chi connectivity index (χ1n) is 7.32. The summed E-state index contributed by atoms with van der Waals surface area (Å²) in [5.74, 6) is 0.830. The molecule has 4 heteroatoms. The summed E-state index contributed by atoms with van der Waals surface area (Å²) in [5, 5.41) is 3.74. The van der Waals surface area contributed by atoms with Gasteiger partial charge in [0.15, 0.2) is 0 Å². The summed E-state index contributed by atoms with van der Waals surface area (Å²) in [6.07, 6.45) is 6.45. The molecular formula is C14H30N2OS. The largest absolute Gasteiger partial charge is 0.310 e. The van der Waals surface area contributed by atoms with Crippen LogP contribution in [0.25, 0.3) is 0 Å². The van der Waals surface area contributed by atoms with Crippen LogP contribution in [-0.4, -0.2) is 52.3 Å². The standard InChI is InChI=1S/C14H30N2OS/c1-5-14(6-2)12-16(10-7-9-15-14)13(3)8-11-18(4)17/h13,15H,5-12H2,1-4H3. The van der Waals surface area contributed by atoms with Crippen LogP contribution in [0, 0.1) is 0 Å². The molecule has 18 heavy (non-hydrogen) atoms. The molecule has 0 spiro atoms. The van der Waals surface area contributed by atoms with Crippen LogP contribution in [-0.2, 0) is 10.8 Å². The minimum absolute atomic E-state index is 0.288. The van der Waals surface area contributed by atoms with Gasteiger partial charge in [0.1, 0.15) is 0 Å². The van der Waals surface area contributed by atoms with E-state index in [4.69, 9.17) is 0 Å². The van der Waals surface area contributed by atoms with Crippen molar-refractivity contribution in [3.05, 3.63) is 0 Å². The quantitative estimate of drug-likeness (QED) is 0.804. The first-order chi connectivity index (χ1) is 8.53. The molecular weight excluding hydrogens is 244 g/mol. The molecule has 1 fully saturated rings. The molecule has 1 heterocycles. The summed E-state index contributed by atoms with van der Waals surface area (Å²) in [7, 11) is -0.660. The fraction of sp³-hybridized carbons (Fsp3) is 1.00. The predicted octanol–water partition coefficient (Wildman–Crippen LogP) is 2.00. The minimum Gasteiger partial charge on any atom is -0.310 e. The zero-order valence-electron chi connectivity index (χ0n) is 12.5. The van der Waals surface area contributed by atoms with E-state index in [9.17, 15) is 4.21 Å². The third-order valence-corrected chi connectivity index (χ3v) is 5.24. The monoisotopic (exact) mass is 274 g/mol. The van der Waals surface area contributed by atoms with E-state index in [-0.39, 0.29) is 5.54 Å². The number of hydrogen-bond donors (Lipinski definition) is 1. The number of hydrogen-bond acceptors (Lipinski definition) is 3. The maximum absolute atomic E-state index is 11.2. The molecule has 0 saturated carbocycles. The molecule has 1 aliphatic rings. The van der Waals surface area contributed by atoms with Crippen molar-refractivity contribution in [2.45, 2.75) is 58.0 Å². The molecule has 0 aromatic carbocycles. The van der Waals surface area contributed by atoms with Crippen LogP contribution in [0.1, 0.15) is 46.5 Å². The van der Waals surface area contributed by atoms with E-state index in [0.717, 1.165) is 25.3 Å². The minimum atomic E-state index is -0.660. The summed E-state index contributed by atoms with van der Waals surface area (Å²) in [5.41, 5.74) is 0.288. The molecule has 0 aliphatic carbocycles. The van der Waals surface area contributed by atoms with Gasteiger partial charge < -0.3 is 5.32 Å². The average molecular weight is 274 g/mol. The van der Waals surface area contributed by atoms with Gasteiger partial charge in [-0.2, -0.15) is 0 Å². The molecule has 0 aromatic heterocycles. The number of rotatable bonds is 6. The topological polar surface area (TPSA) is 32.3 Å². The number of nitrogens with one attached hydrogen (secondary N) is 1. The van der Waals surface area contributed by atoms with Crippen molar-refractivity contribution in [2.75, 3.05) is 31.6 Å². The second kappa shape index (κ2) is 7.61. The summed E-state index contributed by atoms with van der Waals surface area (Å²) in [4.78, 5) is 2.60. The second-order valence-corrected chi connectivity index (χ2v) is 7.21. The highest BCUT2D eigenvalue weighted by molar-refractivity contribution is 7.84. The van der Waals surface area contributed by atoms with Gasteiger partial charge in [-0.25, -0.2) is 0 Å². The molecule has 1 N–H and O–H groups in total. The van der Waals surface area contributed by atoms with Crippen LogP contribution in [0.3, 0.4) is 0 Å². The molecule has 1 rings (SSSR count). The Morgan fingerprint density at radius 3 is 2.61 bits per heavy atom. The van der Waals surface area contributed by atoms with E-state index in [1.807, 2.05) is 0 Å². The molecule has 0 bridgehead atoms. The lowest BCUT2D eigenvalue weighted by Gasteiger charge is -2.38. The lowest BCUT2D eigenvalue weighted by atomic mass is 9.92. The maximum atomic E-state index is 11.2. The van der Waals surface area contributed by atoms with Crippen molar-refractivity contribution >= 4 is 10.8 Å². The SMILES string of the molecule is CCC1(CC)CN(C(C)CCS(C)=O)CCCN1. The molecule has 2 unspecified atom stereocenters. The van der Waals surface area contributed by atoms with Crippen LogP contribution in [0.5, 0.6) is 0 Å². The normalized spacial score (nSPS) is 24.4. The van der Waals surface area contributed by atoms with E-state index in [1.165, 1.54) is 25.8 Å². The summed E-state index contributed by atoms with van der Waals surface area (Å²) in [6.45, 7) is 10.3. The second-order valence-electron chi connectivity index (χ2n) is 5.65. The van der Waals surface area contributed by atoms with Crippen molar-refractivity contribution in [1.29, 1.82) is 0 Å². The van der Waals surface area contributed by atoms with Crippen molar-refractivity contribution < 1.29 is 4.21 Å². The fourth-order valence-electron chi connectivity index (χ4n) is 2.78. The van der Waals surface area contributed by atoms with Crippen LogP contribution >= 0.6 is 0 Å². The summed E-state index contributed by atoms with van der Waals surface area (Å²) >= 11 is 0. The van der Waals surface area contributed by atoms with E-state index in [1.54, 1.807) is 6.26 Å². The average Bonchev–Trinajstić information content (AvgIpc) is 2.59. The van der Waals surface area contributed by atoms with E-state index in [2.05, 4.69) is 31.0 Å². The lowest BCUT2D eigenvalue weighted by molar-refractivity contribution is 0.154. The Balaban J connectivity index is 2.60. The first kappa shape index (κ1) is 16.1. The lowest BCUT2D eigenvalue weighted by Crippen LogP contribution is -2.52. The summed E-state index contributed by atoms with van der Waals surface area (Å²) < 4.78 is 11.2. The van der Waals surface area contributed by atoms with Gasteiger partial charge in [-0.15, -0.1) is 0 Å². The molecule has 1 aliphatic heterocycles. The highest BCUT2D eigenvalue weighted by atomic mass is 32.2. The van der Waals surface area contributed by atoms with Crippen LogP contribution in [0.15, 0.2) is 0 Å². The summed E-state index contributed by atoms with van der Waals surface area (Å²) in [6, 6.07) is 0.547. The van der Waals surface area contributed by atoms with Gasteiger partial charge in [0.05, 0.1) is 0 Å². The molecule has 0 radical (unpaired) electrons. The van der Waals surface area contributed by atoms with E-state index < -0.39 is 10.8 Å². The molecule has 0 aromatic rings.